The molecule has 1 atom stereocenters. The molecule has 0 bridgehead atoms. The van der Waals surface area contributed by atoms with E-state index in [1.807, 2.05) is 66.7 Å². The van der Waals surface area contributed by atoms with Gasteiger partial charge in [0.1, 0.15) is 12.8 Å². The molecule has 0 heterocycles. The molecule has 0 saturated heterocycles. The van der Waals surface area contributed by atoms with Crippen molar-refractivity contribution in [3.8, 4) is 0 Å². The van der Waals surface area contributed by atoms with Crippen LogP contribution in [0.1, 0.15) is 24.0 Å². The number of benzene rings is 2. The lowest BCUT2D eigenvalue weighted by Gasteiger charge is -2.35. The van der Waals surface area contributed by atoms with E-state index in [4.69, 9.17) is 9.16 Å². The van der Waals surface area contributed by atoms with E-state index in [1.54, 1.807) is 4.90 Å². The van der Waals surface area contributed by atoms with Crippen molar-refractivity contribution in [2.45, 2.75) is 51.9 Å². The van der Waals surface area contributed by atoms with E-state index in [-0.39, 0.29) is 18.9 Å². The Morgan fingerprint density at radius 3 is 2.14 bits per heavy atom. The Morgan fingerprint density at radius 1 is 1.04 bits per heavy atom. The lowest BCUT2D eigenvalue weighted by Crippen LogP contribution is -2.46. The van der Waals surface area contributed by atoms with Crippen LogP contribution < -0.4 is 0 Å². The predicted molar refractivity (Wildman–Crippen MR) is 116 cm³/mol. The number of ether oxygens (including phenoxy) is 1. The molecule has 0 saturated carbocycles. The normalized spacial score (nSPS) is 12.2. The summed E-state index contributed by atoms with van der Waals surface area (Å²) in [6.07, 6.45) is 2.62. The van der Waals surface area contributed by atoms with E-state index in [2.05, 4.69) is 26.2 Å². The minimum atomic E-state index is -1.87. The summed E-state index contributed by atoms with van der Waals surface area (Å²) in [6, 6.07) is 19.6. The van der Waals surface area contributed by atoms with E-state index < -0.39 is 8.32 Å². The largest absolute Gasteiger partial charge is 0.444 e. The van der Waals surface area contributed by atoms with Gasteiger partial charge in [0.25, 0.3) is 0 Å². The Kier molecular flexibility index (Phi) is 8.48. The number of allylic oxidation sites excluding steroid dienone is 1. The number of hydrogen-bond acceptors (Lipinski definition) is 3. The molecule has 150 valence electrons. The van der Waals surface area contributed by atoms with Gasteiger partial charge in [0, 0.05) is 0 Å². The predicted octanol–water partition coefficient (Wildman–Crippen LogP) is 5.97. The maximum atomic E-state index is 13.0. The zero-order valence-corrected chi connectivity index (χ0v) is 18.1. The Bertz CT molecular complexity index is 729. The number of nitrogens with zero attached hydrogens (tertiary/aromatic N) is 1. The first-order chi connectivity index (χ1) is 13.4. The highest BCUT2D eigenvalue weighted by atomic mass is 28.4. The summed E-state index contributed by atoms with van der Waals surface area (Å²) in [7, 11) is -1.87. The van der Waals surface area contributed by atoms with E-state index in [9.17, 15) is 4.79 Å². The molecule has 2 aromatic carbocycles. The van der Waals surface area contributed by atoms with Crippen molar-refractivity contribution in [3.63, 3.8) is 0 Å². The molecule has 0 fully saturated rings. The fraction of sp³-hybridized carbons (Fsp3) is 0.348. The fourth-order valence-electron chi connectivity index (χ4n) is 2.81. The quantitative estimate of drug-likeness (QED) is 0.282. The first-order valence-electron chi connectivity index (χ1n) is 9.69. The van der Waals surface area contributed by atoms with Crippen LogP contribution in [0.2, 0.25) is 19.6 Å². The SMILES string of the molecule is C=CCCC(O[Si](C)(C)C)N(Cc1ccccc1)C(=O)OCc1ccccc1. The van der Waals surface area contributed by atoms with Crippen LogP contribution in [0, 0.1) is 0 Å². The highest BCUT2D eigenvalue weighted by Gasteiger charge is 2.30. The molecule has 0 aliphatic heterocycles. The van der Waals surface area contributed by atoms with Gasteiger partial charge in [-0.1, -0.05) is 66.7 Å². The average Bonchev–Trinajstić information content (AvgIpc) is 2.68. The number of carbonyl (C=O) groups is 1. The van der Waals surface area contributed by atoms with Gasteiger partial charge in [-0.25, -0.2) is 4.79 Å². The molecule has 2 rings (SSSR count). The Balaban J connectivity index is 2.19. The summed E-state index contributed by atoms with van der Waals surface area (Å²) in [5, 5.41) is 0. The molecule has 0 aliphatic rings. The molecule has 0 aliphatic carbocycles. The molecule has 1 unspecified atom stereocenters. The number of rotatable bonds is 10. The molecule has 28 heavy (non-hydrogen) atoms. The van der Waals surface area contributed by atoms with Gasteiger partial charge in [0.15, 0.2) is 8.32 Å². The van der Waals surface area contributed by atoms with Gasteiger partial charge >= 0.3 is 6.09 Å². The highest BCUT2D eigenvalue weighted by molar-refractivity contribution is 6.69. The van der Waals surface area contributed by atoms with Gasteiger partial charge in [-0.2, -0.15) is 0 Å². The second-order valence-corrected chi connectivity index (χ2v) is 12.2. The van der Waals surface area contributed by atoms with Crippen LogP contribution in [0.15, 0.2) is 73.3 Å². The standard InChI is InChI=1S/C23H31NO3Si/c1-5-6-17-22(27-28(2,3)4)24(18-20-13-9-7-10-14-20)23(25)26-19-21-15-11-8-12-16-21/h5,7-16,22H,1,6,17-19H2,2-4H3. The molecular formula is C23H31NO3Si. The van der Waals surface area contributed by atoms with Crippen molar-refractivity contribution in [2.75, 3.05) is 0 Å². The van der Waals surface area contributed by atoms with E-state index >= 15 is 0 Å². The monoisotopic (exact) mass is 397 g/mol. The van der Waals surface area contributed by atoms with Crippen LogP contribution in [0.4, 0.5) is 4.79 Å². The van der Waals surface area contributed by atoms with Gasteiger partial charge in [-0.3, -0.25) is 4.90 Å². The van der Waals surface area contributed by atoms with Crippen LogP contribution in [-0.2, 0) is 22.3 Å². The highest BCUT2D eigenvalue weighted by Crippen LogP contribution is 2.20. The summed E-state index contributed by atoms with van der Waals surface area (Å²) in [4.78, 5) is 14.7. The molecular weight excluding hydrogens is 366 g/mol. The molecule has 0 radical (unpaired) electrons. The van der Waals surface area contributed by atoms with Gasteiger partial charge in [0.05, 0.1) is 6.54 Å². The van der Waals surface area contributed by atoms with Gasteiger partial charge < -0.3 is 9.16 Å². The van der Waals surface area contributed by atoms with Crippen LogP contribution in [0.5, 0.6) is 0 Å². The topological polar surface area (TPSA) is 38.8 Å². The van der Waals surface area contributed by atoms with E-state index in [1.165, 1.54) is 0 Å². The zero-order chi connectivity index (χ0) is 20.4. The summed E-state index contributed by atoms with van der Waals surface area (Å²) >= 11 is 0. The van der Waals surface area contributed by atoms with Crippen LogP contribution in [0.3, 0.4) is 0 Å². The molecule has 0 N–H and O–H groups in total. The van der Waals surface area contributed by atoms with Gasteiger partial charge in [-0.05, 0) is 43.6 Å². The number of carbonyl (C=O) groups excluding carboxylic acids is 1. The molecule has 0 aromatic heterocycles. The van der Waals surface area contributed by atoms with Crippen LogP contribution in [-0.4, -0.2) is 25.5 Å². The lowest BCUT2D eigenvalue weighted by molar-refractivity contribution is -0.000505. The first-order valence-corrected chi connectivity index (χ1v) is 13.1. The Hall–Kier alpha value is -2.37. The number of hydrogen-bond donors (Lipinski definition) is 0. The lowest BCUT2D eigenvalue weighted by atomic mass is 10.2. The molecule has 5 heteroatoms. The minimum absolute atomic E-state index is 0.242. The maximum Gasteiger partial charge on any atom is 0.412 e. The van der Waals surface area contributed by atoms with Crippen molar-refractivity contribution in [1.29, 1.82) is 0 Å². The third-order valence-corrected chi connectivity index (χ3v) is 5.07. The third-order valence-electron chi connectivity index (χ3n) is 4.09. The maximum absolute atomic E-state index is 13.0. The summed E-state index contributed by atoms with van der Waals surface area (Å²) in [5.74, 6) is 0. The molecule has 4 nitrogen and oxygen atoms in total. The van der Waals surface area contributed by atoms with Gasteiger partial charge in [0.2, 0.25) is 0 Å². The van der Waals surface area contributed by atoms with Crippen LogP contribution >= 0.6 is 0 Å². The van der Waals surface area contributed by atoms with Crippen molar-refractivity contribution < 1.29 is 14.0 Å². The minimum Gasteiger partial charge on any atom is -0.444 e. The van der Waals surface area contributed by atoms with E-state index in [0.29, 0.717) is 13.0 Å². The van der Waals surface area contributed by atoms with Crippen molar-refractivity contribution >= 4 is 14.4 Å². The molecule has 1 amide bonds. The fourth-order valence-corrected chi connectivity index (χ4v) is 3.87. The summed E-state index contributed by atoms with van der Waals surface area (Å²) in [6.45, 7) is 10.9. The Morgan fingerprint density at radius 2 is 1.61 bits per heavy atom. The van der Waals surface area contributed by atoms with Crippen molar-refractivity contribution in [2.24, 2.45) is 0 Å². The second-order valence-electron chi connectivity index (χ2n) is 7.70. The summed E-state index contributed by atoms with van der Waals surface area (Å²) in [5.41, 5.74) is 2.01. The number of amides is 1. The zero-order valence-electron chi connectivity index (χ0n) is 17.1. The first kappa shape index (κ1) is 21.9. The van der Waals surface area contributed by atoms with Crippen molar-refractivity contribution in [3.05, 3.63) is 84.4 Å². The van der Waals surface area contributed by atoms with Gasteiger partial charge in [-0.15, -0.1) is 6.58 Å². The average molecular weight is 398 g/mol. The molecule has 2 aromatic rings. The summed E-state index contributed by atoms with van der Waals surface area (Å²) < 4.78 is 12.0. The smallest absolute Gasteiger partial charge is 0.412 e. The van der Waals surface area contributed by atoms with Crippen molar-refractivity contribution in [1.82, 2.24) is 4.90 Å². The molecule has 0 spiro atoms. The second kappa shape index (κ2) is 10.8. The van der Waals surface area contributed by atoms with E-state index in [0.717, 1.165) is 17.5 Å². The Labute approximate surface area is 169 Å². The van der Waals surface area contributed by atoms with Crippen LogP contribution in [0.25, 0.3) is 0 Å². The third kappa shape index (κ3) is 7.70.